The highest BCUT2D eigenvalue weighted by atomic mass is 16.5. The third-order valence-corrected chi connectivity index (χ3v) is 3.45. The summed E-state index contributed by atoms with van der Waals surface area (Å²) in [5.41, 5.74) is 7.33. The summed E-state index contributed by atoms with van der Waals surface area (Å²) in [7, 11) is 0. The molecule has 108 valence electrons. The average Bonchev–Trinajstić information content (AvgIpc) is 2.47. The van der Waals surface area contributed by atoms with Crippen molar-refractivity contribution in [1.29, 1.82) is 0 Å². The van der Waals surface area contributed by atoms with E-state index in [2.05, 4.69) is 0 Å². The van der Waals surface area contributed by atoms with Crippen LogP contribution in [0.2, 0.25) is 0 Å². The maximum Gasteiger partial charge on any atom is 0.246 e. The minimum absolute atomic E-state index is 0.0474. The lowest BCUT2D eigenvalue weighted by Gasteiger charge is -2.31. The second-order valence-electron chi connectivity index (χ2n) is 5.00. The van der Waals surface area contributed by atoms with Gasteiger partial charge in [0.25, 0.3) is 0 Å². The lowest BCUT2D eigenvalue weighted by Crippen LogP contribution is -2.42. The Hall–Kier alpha value is -1.81. The van der Waals surface area contributed by atoms with Gasteiger partial charge in [-0.05, 0) is 43.5 Å². The minimum Gasteiger partial charge on any atom is -0.399 e. The Kier molecular flexibility index (Phi) is 5.18. The predicted octanol–water partition coefficient (Wildman–Crippen LogP) is 2.31. The van der Waals surface area contributed by atoms with Crippen molar-refractivity contribution in [1.82, 2.24) is 4.90 Å². The molecule has 4 heteroatoms. The van der Waals surface area contributed by atoms with Crippen molar-refractivity contribution in [3.8, 4) is 0 Å². The maximum absolute atomic E-state index is 12.1. The third kappa shape index (κ3) is 4.10. The standard InChI is InChI=1S/C16H22N2O2/c1-2-20-15-4-3-11-18(12-15)16(19)10-7-13-5-8-14(17)9-6-13/h5-10,15H,2-4,11-12,17H2,1H3/b10-7+. The van der Waals surface area contributed by atoms with E-state index >= 15 is 0 Å². The number of anilines is 1. The van der Waals surface area contributed by atoms with Crippen LogP contribution in [0.3, 0.4) is 0 Å². The van der Waals surface area contributed by atoms with Gasteiger partial charge >= 0.3 is 0 Å². The number of ether oxygens (including phenoxy) is 1. The van der Waals surface area contributed by atoms with Crippen LogP contribution in [0, 0.1) is 0 Å². The van der Waals surface area contributed by atoms with Gasteiger partial charge in [0.2, 0.25) is 5.91 Å². The normalized spacial score (nSPS) is 19.4. The van der Waals surface area contributed by atoms with Crippen LogP contribution in [0.4, 0.5) is 5.69 Å². The Morgan fingerprint density at radius 2 is 2.20 bits per heavy atom. The molecule has 1 aromatic carbocycles. The van der Waals surface area contributed by atoms with Crippen molar-refractivity contribution in [3.05, 3.63) is 35.9 Å². The quantitative estimate of drug-likeness (QED) is 0.677. The largest absolute Gasteiger partial charge is 0.399 e. The van der Waals surface area contributed by atoms with Crippen LogP contribution in [-0.4, -0.2) is 36.6 Å². The number of hydrogen-bond donors (Lipinski definition) is 1. The van der Waals surface area contributed by atoms with Gasteiger partial charge in [0, 0.05) is 31.5 Å². The Bertz CT molecular complexity index is 466. The van der Waals surface area contributed by atoms with E-state index in [9.17, 15) is 4.79 Å². The second kappa shape index (κ2) is 7.10. The van der Waals surface area contributed by atoms with Gasteiger partial charge in [0.1, 0.15) is 0 Å². The molecule has 0 radical (unpaired) electrons. The van der Waals surface area contributed by atoms with Crippen LogP contribution in [0.1, 0.15) is 25.3 Å². The molecule has 0 spiro atoms. The molecule has 1 aliphatic rings. The number of nitrogens with two attached hydrogens (primary N) is 1. The summed E-state index contributed by atoms with van der Waals surface area (Å²) in [6.07, 6.45) is 5.68. The SMILES string of the molecule is CCOC1CCCN(C(=O)/C=C/c2ccc(N)cc2)C1. The highest BCUT2D eigenvalue weighted by Crippen LogP contribution is 2.14. The predicted molar refractivity (Wildman–Crippen MR) is 81.1 cm³/mol. The molecular formula is C16H22N2O2. The van der Waals surface area contributed by atoms with Gasteiger partial charge in [-0.2, -0.15) is 0 Å². The summed E-state index contributed by atoms with van der Waals surface area (Å²) in [6.45, 7) is 4.20. The molecule has 0 aliphatic carbocycles. The first-order valence-corrected chi connectivity index (χ1v) is 7.13. The van der Waals surface area contributed by atoms with Gasteiger partial charge in [0.15, 0.2) is 0 Å². The molecule has 0 bridgehead atoms. The smallest absolute Gasteiger partial charge is 0.246 e. The first kappa shape index (κ1) is 14.6. The van der Waals surface area contributed by atoms with E-state index in [0.29, 0.717) is 13.2 Å². The Morgan fingerprint density at radius 1 is 1.45 bits per heavy atom. The molecule has 4 nitrogen and oxygen atoms in total. The Morgan fingerprint density at radius 3 is 2.90 bits per heavy atom. The zero-order chi connectivity index (χ0) is 14.4. The molecule has 1 aliphatic heterocycles. The van der Waals surface area contributed by atoms with E-state index in [1.54, 1.807) is 6.08 Å². The number of amides is 1. The van der Waals surface area contributed by atoms with Crippen molar-refractivity contribution in [2.24, 2.45) is 0 Å². The molecule has 1 unspecified atom stereocenters. The van der Waals surface area contributed by atoms with E-state index in [1.807, 2.05) is 42.2 Å². The number of rotatable bonds is 4. The molecule has 1 aromatic rings. The van der Waals surface area contributed by atoms with Gasteiger partial charge in [0.05, 0.1) is 6.10 Å². The maximum atomic E-state index is 12.1. The molecule has 1 atom stereocenters. The summed E-state index contributed by atoms with van der Waals surface area (Å²) in [5, 5.41) is 0. The molecule has 1 heterocycles. The van der Waals surface area contributed by atoms with E-state index in [1.165, 1.54) is 0 Å². The molecular weight excluding hydrogens is 252 g/mol. The van der Waals surface area contributed by atoms with Crippen molar-refractivity contribution in [2.45, 2.75) is 25.9 Å². The fourth-order valence-corrected chi connectivity index (χ4v) is 2.39. The zero-order valence-electron chi connectivity index (χ0n) is 11.9. The molecule has 2 rings (SSSR count). The average molecular weight is 274 g/mol. The number of nitrogen functional groups attached to an aromatic ring is 1. The van der Waals surface area contributed by atoms with Crippen LogP contribution < -0.4 is 5.73 Å². The first-order chi connectivity index (χ1) is 9.69. The number of benzene rings is 1. The summed E-state index contributed by atoms with van der Waals surface area (Å²) >= 11 is 0. The van der Waals surface area contributed by atoms with Crippen molar-refractivity contribution in [3.63, 3.8) is 0 Å². The van der Waals surface area contributed by atoms with Crippen molar-refractivity contribution >= 4 is 17.7 Å². The van der Waals surface area contributed by atoms with Crippen LogP contribution >= 0.6 is 0 Å². The van der Waals surface area contributed by atoms with E-state index in [0.717, 1.165) is 30.6 Å². The van der Waals surface area contributed by atoms with Crippen molar-refractivity contribution in [2.75, 3.05) is 25.4 Å². The van der Waals surface area contributed by atoms with E-state index in [4.69, 9.17) is 10.5 Å². The highest BCUT2D eigenvalue weighted by molar-refractivity contribution is 5.91. The molecule has 0 saturated carbocycles. The zero-order valence-corrected chi connectivity index (χ0v) is 11.9. The number of carbonyl (C=O) groups is 1. The minimum atomic E-state index is 0.0474. The number of likely N-dealkylation sites (tertiary alicyclic amines) is 1. The number of hydrogen-bond acceptors (Lipinski definition) is 3. The molecule has 0 aromatic heterocycles. The fraction of sp³-hybridized carbons (Fsp3) is 0.438. The first-order valence-electron chi connectivity index (χ1n) is 7.13. The summed E-state index contributed by atoms with van der Waals surface area (Å²) < 4.78 is 5.61. The number of carbonyl (C=O) groups excluding carboxylic acids is 1. The van der Waals surface area contributed by atoms with Gasteiger partial charge in [-0.1, -0.05) is 12.1 Å². The van der Waals surface area contributed by atoms with Gasteiger partial charge in [-0.15, -0.1) is 0 Å². The molecule has 1 saturated heterocycles. The van der Waals surface area contributed by atoms with Gasteiger partial charge in [-0.3, -0.25) is 4.79 Å². The van der Waals surface area contributed by atoms with Crippen LogP contribution in [0.25, 0.3) is 6.08 Å². The highest BCUT2D eigenvalue weighted by Gasteiger charge is 2.22. The number of piperidine rings is 1. The lowest BCUT2D eigenvalue weighted by atomic mass is 10.1. The Labute approximate surface area is 120 Å². The van der Waals surface area contributed by atoms with Crippen LogP contribution in [-0.2, 0) is 9.53 Å². The van der Waals surface area contributed by atoms with Crippen LogP contribution in [0.15, 0.2) is 30.3 Å². The third-order valence-electron chi connectivity index (χ3n) is 3.45. The molecule has 1 amide bonds. The van der Waals surface area contributed by atoms with E-state index < -0.39 is 0 Å². The molecule has 20 heavy (non-hydrogen) atoms. The molecule has 1 fully saturated rings. The second-order valence-corrected chi connectivity index (χ2v) is 5.00. The van der Waals surface area contributed by atoms with Gasteiger partial charge in [-0.25, -0.2) is 0 Å². The van der Waals surface area contributed by atoms with Gasteiger partial charge < -0.3 is 15.4 Å². The Balaban J connectivity index is 1.92. The summed E-state index contributed by atoms with van der Waals surface area (Å²) in [6, 6.07) is 7.46. The van der Waals surface area contributed by atoms with Crippen LogP contribution in [0.5, 0.6) is 0 Å². The number of nitrogens with zero attached hydrogens (tertiary/aromatic N) is 1. The molecule has 2 N–H and O–H groups in total. The van der Waals surface area contributed by atoms with E-state index in [-0.39, 0.29) is 12.0 Å². The summed E-state index contributed by atoms with van der Waals surface area (Å²) in [4.78, 5) is 14.0. The summed E-state index contributed by atoms with van der Waals surface area (Å²) in [5.74, 6) is 0.0474. The van der Waals surface area contributed by atoms with Crippen molar-refractivity contribution < 1.29 is 9.53 Å². The fourth-order valence-electron chi connectivity index (χ4n) is 2.39. The lowest BCUT2D eigenvalue weighted by molar-refractivity contribution is -0.129. The topological polar surface area (TPSA) is 55.6 Å². The monoisotopic (exact) mass is 274 g/mol.